The van der Waals surface area contributed by atoms with Crippen LogP contribution in [0.15, 0.2) is 53.3 Å². The topological polar surface area (TPSA) is 46.8 Å². The number of benzene rings is 1. The normalized spacial score (nSPS) is 15.3. The van der Waals surface area contributed by atoms with E-state index in [1.54, 1.807) is 10.5 Å². The Balaban J connectivity index is 1.62. The molecule has 1 aliphatic heterocycles. The van der Waals surface area contributed by atoms with Crippen molar-refractivity contribution < 1.29 is 4.74 Å². The fourth-order valence-electron chi connectivity index (χ4n) is 3.26. The summed E-state index contributed by atoms with van der Waals surface area (Å²) in [5.41, 5.74) is 3.90. The number of hydrogen-bond acceptors (Lipinski definition) is 4. The smallest absolute Gasteiger partial charge is 0.258 e. The maximum absolute atomic E-state index is 12.4. The first-order valence-corrected chi connectivity index (χ1v) is 9.29. The van der Waals surface area contributed by atoms with E-state index in [1.807, 2.05) is 37.3 Å². The van der Waals surface area contributed by atoms with Crippen LogP contribution in [-0.4, -0.2) is 35.7 Å². The van der Waals surface area contributed by atoms with Crippen molar-refractivity contribution in [3.63, 3.8) is 0 Å². The van der Waals surface area contributed by atoms with Crippen LogP contribution in [-0.2, 0) is 4.74 Å². The minimum Gasteiger partial charge on any atom is -0.378 e. The van der Waals surface area contributed by atoms with Crippen molar-refractivity contribution in [3.05, 3.63) is 75.8 Å². The van der Waals surface area contributed by atoms with Crippen LogP contribution in [0, 0.1) is 6.92 Å². The summed E-state index contributed by atoms with van der Waals surface area (Å²) in [5.74, 6) is 0. The van der Waals surface area contributed by atoms with E-state index >= 15 is 0 Å². The Hall–Kier alpha value is -2.63. The standard InChI is InChI=1S/C21H20ClN3O2/c1-15-3-2-4-20-23-19(14-21(26)25(15)20)18(22)13-16-5-7-17(8-6-16)24-9-11-27-12-10-24/h2-8,13-14H,9-12H2,1H3/b18-13-. The lowest BCUT2D eigenvalue weighted by molar-refractivity contribution is 0.122. The van der Waals surface area contributed by atoms with Gasteiger partial charge in [0.05, 0.1) is 23.9 Å². The summed E-state index contributed by atoms with van der Waals surface area (Å²) in [6.07, 6.45) is 1.83. The molecule has 0 atom stereocenters. The zero-order valence-corrected chi connectivity index (χ0v) is 15.8. The Labute approximate surface area is 162 Å². The number of rotatable bonds is 3. The first kappa shape index (κ1) is 17.8. The van der Waals surface area contributed by atoms with Gasteiger partial charge in [0.15, 0.2) is 0 Å². The summed E-state index contributed by atoms with van der Waals surface area (Å²) in [7, 11) is 0. The highest BCUT2D eigenvalue weighted by molar-refractivity contribution is 6.51. The highest BCUT2D eigenvalue weighted by Gasteiger charge is 2.11. The summed E-state index contributed by atoms with van der Waals surface area (Å²) in [6.45, 7) is 5.20. The maximum Gasteiger partial charge on any atom is 0.258 e. The van der Waals surface area contributed by atoms with Crippen molar-refractivity contribution in [2.75, 3.05) is 31.2 Å². The van der Waals surface area contributed by atoms with Crippen LogP contribution in [0.2, 0.25) is 0 Å². The molecule has 1 saturated heterocycles. The van der Waals surface area contributed by atoms with E-state index in [0.717, 1.165) is 37.6 Å². The largest absolute Gasteiger partial charge is 0.378 e. The lowest BCUT2D eigenvalue weighted by Crippen LogP contribution is -2.36. The van der Waals surface area contributed by atoms with Crippen LogP contribution < -0.4 is 10.5 Å². The molecule has 27 heavy (non-hydrogen) atoms. The summed E-state index contributed by atoms with van der Waals surface area (Å²) in [5, 5.41) is 0.440. The van der Waals surface area contributed by atoms with E-state index in [2.05, 4.69) is 22.0 Å². The van der Waals surface area contributed by atoms with Crippen LogP contribution >= 0.6 is 11.6 Å². The predicted molar refractivity (Wildman–Crippen MR) is 109 cm³/mol. The molecule has 3 aromatic rings. The summed E-state index contributed by atoms with van der Waals surface area (Å²) < 4.78 is 6.97. The van der Waals surface area contributed by atoms with Gasteiger partial charge in [-0.2, -0.15) is 0 Å². The van der Waals surface area contributed by atoms with Crippen molar-refractivity contribution in [1.82, 2.24) is 9.38 Å². The molecule has 138 valence electrons. The van der Waals surface area contributed by atoms with Crippen molar-refractivity contribution >= 4 is 34.0 Å². The van der Waals surface area contributed by atoms with Crippen LogP contribution in [0.5, 0.6) is 0 Å². The first-order valence-electron chi connectivity index (χ1n) is 8.91. The quantitative estimate of drug-likeness (QED) is 0.695. The summed E-state index contributed by atoms with van der Waals surface area (Å²) >= 11 is 6.46. The van der Waals surface area contributed by atoms with Gasteiger partial charge in [-0.05, 0) is 42.8 Å². The molecule has 0 N–H and O–H groups in total. The van der Waals surface area contributed by atoms with Gasteiger partial charge in [-0.3, -0.25) is 9.20 Å². The molecule has 0 spiro atoms. The fraction of sp³-hybridized carbons (Fsp3) is 0.238. The lowest BCUT2D eigenvalue weighted by atomic mass is 10.1. The zero-order valence-electron chi connectivity index (χ0n) is 15.1. The Morgan fingerprint density at radius 2 is 1.89 bits per heavy atom. The number of ether oxygens (including phenoxy) is 1. The van der Waals surface area contributed by atoms with E-state index in [1.165, 1.54) is 11.8 Å². The van der Waals surface area contributed by atoms with E-state index in [-0.39, 0.29) is 5.56 Å². The SMILES string of the molecule is Cc1cccc2nc(/C(Cl)=C/c3ccc(N4CCOCC4)cc3)cc(=O)n12. The number of morpholine rings is 1. The number of halogens is 1. The van der Waals surface area contributed by atoms with Gasteiger partial charge in [0.1, 0.15) is 5.65 Å². The van der Waals surface area contributed by atoms with Gasteiger partial charge in [-0.25, -0.2) is 4.98 Å². The number of nitrogens with zero attached hydrogens (tertiary/aromatic N) is 3. The van der Waals surface area contributed by atoms with Gasteiger partial charge < -0.3 is 9.64 Å². The van der Waals surface area contributed by atoms with E-state index < -0.39 is 0 Å². The molecular formula is C21H20ClN3O2. The van der Waals surface area contributed by atoms with Gasteiger partial charge in [0.2, 0.25) is 0 Å². The van der Waals surface area contributed by atoms with E-state index in [0.29, 0.717) is 16.4 Å². The minimum absolute atomic E-state index is 0.137. The average molecular weight is 382 g/mol. The second-order valence-electron chi connectivity index (χ2n) is 6.52. The molecule has 1 aromatic carbocycles. The minimum atomic E-state index is -0.137. The molecule has 0 radical (unpaired) electrons. The Kier molecular flexibility index (Phi) is 4.97. The van der Waals surface area contributed by atoms with Gasteiger partial charge in [0, 0.05) is 30.5 Å². The van der Waals surface area contributed by atoms with Crippen LogP contribution in [0.4, 0.5) is 5.69 Å². The van der Waals surface area contributed by atoms with Gasteiger partial charge >= 0.3 is 0 Å². The number of aromatic nitrogens is 2. The Morgan fingerprint density at radius 1 is 1.15 bits per heavy atom. The molecule has 0 unspecified atom stereocenters. The number of aryl methyl sites for hydroxylation is 1. The molecule has 5 nitrogen and oxygen atoms in total. The van der Waals surface area contributed by atoms with Crippen LogP contribution in [0.3, 0.4) is 0 Å². The highest BCUT2D eigenvalue weighted by atomic mass is 35.5. The number of hydrogen-bond donors (Lipinski definition) is 0. The first-order chi connectivity index (χ1) is 13.1. The average Bonchev–Trinajstić information content (AvgIpc) is 2.69. The van der Waals surface area contributed by atoms with Gasteiger partial charge in [-0.1, -0.05) is 29.8 Å². The molecular weight excluding hydrogens is 362 g/mol. The molecule has 0 amide bonds. The predicted octanol–water partition coefficient (Wildman–Crippen LogP) is 3.58. The van der Waals surface area contributed by atoms with Gasteiger partial charge in [0.25, 0.3) is 5.56 Å². The molecule has 2 aromatic heterocycles. The summed E-state index contributed by atoms with van der Waals surface area (Å²) in [4.78, 5) is 19.2. The molecule has 1 aliphatic rings. The van der Waals surface area contributed by atoms with Crippen molar-refractivity contribution in [3.8, 4) is 0 Å². The third kappa shape index (κ3) is 3.75. The molecule has 4 rings (SSSR count). The Bertz CT molecular complexity index is 1050. The highest BCUT2D eigenvalue weighted by Crippen LogP contribution is 2.23. The zero-order chi connectivity index (χ0) is 18.8. The molecule has 0 aliphatic carbocycles. The number of pyridine rings is 1. The second kappa shape index (κ2) is 7.55. The van der Waals surface area contributed by atoms with Crippen LogP contribution in [0.1, 0.15) is 17.0 Å². The van der Waals surface area contributed by atoms with Crippen LogP contribution in [0.25, 0.3) is 16.8 Å². The molecule has 0 bridgehead atoms. The maximum atomic E-state index is 12.4. The fourth-order valence-corrected chi connectivity index (χ4v) is 3.48. The lowest BCUT2D eigenvalue weighted by Gasteiger charge is -2.28. The van der Waals surface area contributed by atoms with Crippen molar-refractivity contribution in [1.29, 1.82) is 0 Å². The van der Waals surface area contributed by atoms with E-state index in [4.69, 9.17) is 16.3 Å². The molecule has 0 saturated carbocycles. The number of fused-ring (bicyclic) bond motifs is 1. The number of anilines is 1. The molecule has 6 heteroatoms. The third-order valence-corrected chi connectivity index (χ3v) is 4.99. The van der Waals surface area contributed by atoms with Crippen molar-refractivity contribution in [2.45, 2.75) is 6.92 Å². The molecule has 3 heterocycles. The molecule has 1 fully saturated rings. The van der Waals surface area contributed by atoms with Crippen molar-refractivity contribution in [2.24, 2.45) is 0 Å². The third-order valence-electron chi connectivity index (χ3n) is 4.69. The summed E-state index contributed by atoms with van der Waals surface area (Å²) in [6, 6.07) is 15.2. The second-order valence-corrected chi connectivity index (χ2v) is 6.93. The van der Waals surface area contributed by atoms with Gasteiger partial charge in [-0.15, -0.1) is 0 Å². The Morgan fingerprint density at radius 3 is 2.63 bits per heavy atom. The van der Waals surface area contributed by atoms with E-state index in [9.17, 15) is 4.79 Å². The monoisotopic (exact) mass is 381 g/mol.